The maximum absolute atomic E-state index is 14.4. The molecule has 0 bridgehead atoms. The minimum absolute atomic E-state index is 0.134. The Hall–Kier alpha value is -2.90. The van der Waals surface area contributed by atoms with Crippen LogP contribution in [0.1, 0.15) is 41.5 Å². The van der Waals surface area contributed by atoms with E-state index in [0.29, 0.717) is 49.4 Å². The third kappa shape index (κ3) is 7.54. The molecule has 2 aromatic rings. The Bertz CT molecular complexity index is 961. The highest BCUT2D eigenvalue weighted by molar-refractivity contribution is 7.56. The molecule has 2 unspecified atom stereocenters. The average Bonchev–Trinajstić information content (AvgIpc) is 2.77. The molecular weight excluding hydrogens is 473 g/mol. The highest BCUT2D eigenvalue weighted by atomic mass is 31.2. The van der Waals surface area contributed by atoms with E-state index in [1.165, 1.54) is 6.92 Å². The molecular formula is C25H36NO8P. The second-order valence-electron chi connectivity index (χ2n) is 7.59. The lowest BCUT2D eigenvalue weighted by atomic mass is 10.2. The molecule has 2 atom stereocenters. The first kappa shape index (κ1) is 28.3. The first-order valence-electron chi connectivity index (χ1n) is 11.7. The molecule has 0 spiro atoms. The maximum atomic E-state index is 14.4. The number of ether oxygens (including phenoxy) is 4. The molecule has 0 fully saturated rings. The van der Waals surface area contributed by atoms with Crippen molar-refractivity contribution in [1.82, 2.24) is 0 Å². The van der Waals surface area contributed by atoms with E-state index in [9.17, 15) is 9.36 Å². The molecule has 9 nitrogen and oxygen atoms in total. The molecule has 194 valence electrons. The number of hydrogen-bond acceptors (Lipinski definition) is 9. The minimum Gasteiger partial charge on any atom is -0.494 e. The van der Waals surface area contributed by atoms with Crippen molar-refractivity contribution in [2.75, 3.05) is 26.4 Å². The van der Waals surface area contributed by atoms with Gasteiger partial charge in [0.05, 0.1) is 26.4 Å². The summed E-state index contributed by atoms with van der Waals surface area (Å²) in [6.07, 6.45) is 0. The second-order valence-corrected chi connectivity index (χ2v) is 9.59. The first-order chi connectivity index (χ1) is 16.7. The van der Waals surface area contributed by atoms with Gasteiger partial charge in [0, 0.05) is 18.2 Å². The predicted molar refractivity (Wildman–Crippen MR) is 135 cm³/mol. The van der Waals surface area contributed by atoms with E-state index < -0.39 is 25.1 Å². The highest BCUT2D eigenvalue weighted by Crippen LogP contribution is 2.57. The molecule has 10 heteroatoms. The van der Waals surface area contributed by atoms with E-state index in [-0.39, 0.29) is 11.5 Å². The summed E-state index contributed by atoms with van der Waals surface area (Å²) < 4.78 is 48.8. The van der Waals surface area contributed by atoms with E-state index in [1.807, 2.05) is 27.7 Å². The van der Waals surface area contributed by atoms with Gasteiger partial charge in [-0.2, -0.15) is 0 Å². The van der Waals surface area contributed by atoms with Crippen LogP contribution >= 0.6 is 7.60 Å². The summed E-state index contributed by atoms with van der Waals surface area (Å²) in [5.74, 6) is 1.54. The fourth-order valence-corrected chi connectivity index (χ4v) is 5.60. The molecule has 0 saturated heterocycles. The summed E-state index contributed by atoms with van der Waals surface area (Å²) in [6.45, 7) is 11.8. The number of benzene rings is 2. The van der Waals surface area contributed by atoms with Gasteiger partial charge in [0.25, 0.3) is 0 Å². The van der Waals surface area contributed by atoms with E-state index >= 15 is 0 Å². The molecule has 2 rings (SSSR count). The van der Waals surface area contributed by atoms with Crippen molar-refractivity contribution in [2.24, 2.45) is 5.73 Å². The van der Waals surface area contributed by atoms with Crippen LogP contribution in [0.3, 0.4) is 0 Å². The summed E-state index contributed by atoms with van der Waals surface area (Å²) in [6, 6.07) is 8.87. The lowest BCUT2D eigenvalue weighted by Crippen LogP contribution is -2.39. The van der Waals surface area contributed by atoms with E-state index in [2.05, 4.69) is 0 Å². The Labute approximate surface area is 207 Å². The van der Waals surface area contributed by atoms with Gasteiger partial charge in [0.2, 0.25) is 0 Å². The van der Waals surface area contributed by atoms with Crippen LogP contribution in [0.5, 0.6) is 34.5 Å². The number of carbonyl (C=O) groups excluding carboxylic acids is 1. The molecule has 2 aromatic carbocycles. The SMILES string of the molecule is CCOc1ccc(OP(=O)(Oc2ccc(OCC)cc2OCC)C(C(C)=O)C(C)N)c(OCC)c1. The molecule has 0 aliphatic heterocycles. The van der Waals surface area contributed by atoms with Crippen molar-refractivity contribution in [1.29, 1.82) is 0 Å². The molecule has 2 N–H and O–H groups in total. The first-order valence-corrected chi connectivity index (χ1v) is 13.3. The Morgan fingerprint density at radius 3 is 1.49 bits per heavy atom. The van der Waals surface area contributed by atoms with Crippen LogP contribution in [-0.4, -0.2) is 43.9 Å². The quantitative estimate of drug-likeness (QED) is 0.322. The summed E-state index contributed by atoms with van der Waals surface area (Å²) in [5, 5.41) is 0. The largest absolute Gasteiger partial charge is 0.494 e. The number of nitrogens with two attached hydrogens (primary N) is 1. The molecule has 0 radical (unpaired) electrons. The molecule has 0 aliphatic carbocycles. The molecule has 0 heterocycles. The number of rotatable bonds is 15. The van der Waals surface area contributed by atoms with Gasteiger partial charge in [-0.05, 0) is 65.8 Å². The molecule has 0 saturated carbocycles. The second kappa shape index (κ2) is 13.3. The van der Waals surface area contributed by atoms with Crippen LogP contribution in [-0.2, 0) is 9.36 Å². The summed E-state index contributed by atoms with van der Waals surface area (Å²) in [7, 11) is -4.26. The van der Waals surface area contributed by atoms with Crippen LogP contribution in [0, 0.1) is 0 Å². The lowest BCUT2D eigenvalue weighted by molar-refractivity contribution is -0.117. The fraction of sp³-hybridized carbons (Fsp3) is 0.480. The Balaban J connectivity index is 2.59. The van der Waals surface area contributed by atoms with Crippen molar-refractivity contribution in [2.45, 2.75) is 53.2 Å². The van der Waals surface area contributed by atoms with Crippen molar-refractivity contribution in [3.8, 4) is 34.5 Å². The lowest BCUT2D eigenvalue weighted by Gasteiger charge is -2.29. The van der Waals surface area contributed by atoms with Crippen LogP contribution in [0.15, 0.2) is 36.4 Å². The molecule has 35 heavy (non-hydrogen) atoms. The molecule has 0 aliphatic rings. The maximum Gasteiger partial charge on any atom is 0.443 e. The number of ketones is 1. The van der Waals surface area contributed by atoms with Crippen molar-refractivity contribution < 1.29 is 37.4 Å². The van der Waals surface area contributed by atoms with Crippen LogP contribution in [0.2, 0.25) is 0 Å². The fourth-order valence-electron chi connectivity index (χ4n) is 3.46. The smallest absolute Gasteiger partial charge is 0.443 e. The average molecular weight is 510 g/mol. The monoisotopic (exact) mass is 509 g/mol. The topological polar surface area (TPSA) is 116 Å². The Morgan fingerprint density at radius 1 is 0.771 bits per heavy atom. The zero-order valence-corrected chi connectivity index (χ0v) is 22.1. The van der Waals surface area contributed by atoms with Gasteiger partial charge >= 0.3 is 7.60 Å². The summed E-state index contributed by atoms with van der Waals surface area (Å²) in [5.41, 5.74) is 4.85. The van der Waals surface area contributed by atoms with Gasteiger partial charge in [-0.25, -0.2) is 4.57 Å². The van der Waals surface area contributed by atoms with Crippen molar-refractivity contribution in [3.63, 3.8) is 0 Å². The standard InChI is InChI=1S/C25H36NO8P/c1-7-29-19-11-13-21(23(15-19)31-9-3)33-35(28,25(17(5)26)18(6)27)34-22-14-12-20(30-8-2)16-24(22)32-10-4/h11-17,25H,7-10,26H2,1-6H3. The van der Waals surface area contributed by atoms with Gasteiger partial charge in [0.15, 0.2) is 28.7 Å². The third-order valence-electron chi connectivity index (χ3n) is 4.76. The van der Waals surface area contributed by atoms with Gasteiger partial charge in [0.1, 0.15) is 17.3 Å². The zero-order chi connectivity index (χ0) is 26.0. The van der Waals surface area contributed by atoms with Gasteiger partial charge < -0.3 is 33.7 Å². The number of carbonyl (C=O) groups is 1. The normalized spacial score (nSPS) is 12.9. The third-order valence-corrected chi connectivity index (χ3v) is 7.18. The van der Waals surface area contributed by atoms with Crippen molar-refractivity contribution in [3.05, 3.63) is 36.4 Å². The van der Waals surface area contributed by atoms with Crippen LogP contribution < -0.4 is 33.7 Å². The van der Waals surface area contributed by atoms with Crippen LogP contribution in [0.4, 0.5) is 0 Å². The number of hydrogen-bond donors (Lipinski definition) is 1. The summed E-state index contributed by atoms with van der Waals surface area (Å²) in [4.78, 5) is 12.6. The van der Waals surface area contributed by atoms with Crippen molar-refractivity contribution >= 4 is 13.4 Å². The number of Topliss-reactive ketones (excluding diaryl/α,β-unsaturated/α-hetero) is 1. The predicted octanol–water partition coefficient (Wildman–Crippen LogP) is 5.24. The zero-order valence-electron chi connectivity index (χ0n) is 21.2. The summed E-state index contributed by atoms with van der Waals surface area (Å²) >= 11 is 0. The van der Waals surface area contributed by atoms with E-state index in [4.69, 9.17) is 33.7 Å². The van der Waals surface area contributed by atoms with E-state index in [1.54, 1.807) is 43.3 Å². The minimum atomic E-state index is -4.26. The molecule has 0 aromatic heterocycles. The van der Waals surface area contributed by atoms with Gasteiger partial charge in [-0.1, -0.05) is 0 Å². The van der Waals surface area contributed by atoms with E-state index in [0.717, 1.165) is 0 Å². The van der Waals surface area contributed by atoms with Gasteiger partial charge in [-0.15, -0.1) is 0 Å². The highest BCUT2D eigenvalue weighted by Gasteiger charge is 2.46. The van der Waals surface area contributed by atoms with Gasteiger partial charge in [-0.3, -0.25) is 4.79 Å². The Kier molecular flexibility index (Phi) is 10.7. The molecule has 0 amide bonds. The Morgan fingerprint density at radius 2 is 1.17 bits per heavy atom. The van der Waals surface area contributed by atoms with Crippen LogP contribution in [0.25, 0.3) is 0 Å².